The summed E-state index contributed by atoms with van der Waals surface area (Å²) >= 11 is 2.08. The van der Waals surface area contributed by atoms with Gasteiger partial charge in [0.05, 0.1) is 9.13 Å². The molecule has 6 heteroatoms. The standard InChI is InChI=1S/C11H9IN2O3/c1-14-5-4-13-11(14)17-9-6-7(10(15)16)2-3-8(9)12/h2-6H,1H3,(H,15,16). The molecule has 0 saturated carbocycles. The maximum absolute atomic E-state index is 10.9. The van der Waals surface area contributed by atoms with Gasteiger partial charge in [-0.05, 0) is 40.8 Å². The molecule has 88 valence electrons. The lowest BCUT2D eigenvalue weighted by molar-refractivity contribution is 0.0696. The van der Waals surface area contributed by atoms with E-state index >= 15 is 0 Å². The van der Waals surface area contributed by atoms with Gasteiger partial charge in [0.2, 0.25) is 0 Å². The van der Waals surface area contributed by atoms with Crippen LogP contribution >= 0.6 is 22.6 Å². The number of carbonyl (C=O) groups is 1. The predicted octanol–water partition coefficient (Wildman–Crippen LogP) is 2.52. The highest BCUT2D eigenvalue weighted by atomic mass is 127. The molecule has 0 bridgehead atoms. The van der Waals surface area contributed by atoms with Crippen LogP contribution in [0, 0.1) is 3.57 Å². The Morgan fingerprint density at radius 1 is 1.53 bits per heavy atom. The second-order valence-electron chi connectivity index (χ2n) is 3.37. The topological polar surface area (TPSA) is 64.4 Å². The van der Waals surface area contributed by atoms with E-state index in [2.05, 4.69) is 27.6 Å². The van der Waals surface area contributed by atoms with Gasteiger partial charge in [-0.3, -0.25) is 0 Å². The van der Waals surface area contributed by atoms with E-state index in [9.17, 15) is 4.79 Å². The summed E-state index contributed by atoms with van der Waals surface area (Å²) in [5.41, 5.74) is 0.189. The zero-order valence-electron chi connectivity index (χ0n) is 8.92. The second-order valence-corrected chi connectivity index (χ2v) is 4.54. The molecule has 2 aromatic rings. The molecule has 0 saturated heterocycles. The third kappa shape index (κ3) is 2.57. The molecule has 2 rings (SSSR count). The number of carboxylic acids is 1. The van der Waals surface area contributed by atoms with Crippen molar-refractivity contribution in [2.24, 2.45) is 7.05 Å². The van der Waals surface area contributed by atoms with Crippen LogP contribution in [0.2, 0.25) is 0 Å². The quantitative estimate of drug-likeness (QED) is 0.869. The van der Waals surface area contributed by atoms with E-state index in [1.165, 1.54) is 12.1 Å². The Bertz CT molecular complexity index is 566. The van der Waals surface area contributed by atoms with Crippen molar-refractivity contribution in [1.82, 2.24) is 9.55 Å². The largest absolute Gasteiger partial charge is 0.478 e. The smallest absolute Gasteiger partial charge is 0.335 e. The number of hydrogen-bond acceptors (Lipinski definition) is 3. The third-order valence-corrected chi connectivity index (χ3v) is 3.05. The molecular weight excluding hydrogens is 335 g/mol. The number of hydrogen-bond donors (Lipinski definition) is 1. The summed E-state index contributed by atoms with van der Waals surface area (Å²) in [4.78, 5) is 14.9. The van der Waals surface area contributed by atoms with Crippen LogP contribution in [0.25, 0.3) is 0 Å². The number of aryl methyl sites for hydroxylation is 1. The van der Waals surface area contributed by atoms with Gasteiger partial charge in [-0.1, -0.05) is 0 Å². The molecule has 1 aromatic carbocycles. The van der Waals surface area contributed by atoms with Gasteiger partial charge in [0, 0.05) is 19.4 Å². The normalized spacial score (nSPS) is 10.2. The van der Waals surface area contributed by atoms with Crippen molar-refractivity contribution in [3.05, 3.63) is 39.7 Å². The second kappa shape index (κ2) is 4.74. The molecule has 0 amide bonds. The molecule has 0 atom stereocenters. The van der Waals surface area contributed by atoms with Crippen LogP contribution in [-0.4, -0.2) is 20.6 Å². The van der Waals surface area contributed by atoms with Crippen molar-refractivity contribution in [2.75, 3.05) is 0 Å². The number of nitrogens with zero attached hydrogens (tertiary/aromatic N) is 2. The van der Waals surface area contributed by atoms with Gasteiger partial charge in [-0.15, -0.1) is 0 Å². The molecule has 1 N–H and O–H groups in total. The molecule has 17 heavy (non-hydrogen) atoms. The van der Waals surface area contributed by atoms with Gasteiger partial charge in [-0.2, -0.15) is 0 Å². The summed E-state index contributed by atoms with van der Waals surface area (Å²) < 4.78 is 8.09. The van der Waals surface area contributed by atoms with E-state index in [1.807, 2.05) is 0 Å². The molecule has 0 aliphatic carbocycles. The monoisotopic (exact) mass is 344 g/mol. The maximum atomic E-state index is 10.9. The van der Waals surface area contributed by atoms with Crippen LogP contribution in [-0.2, 0) is 7.05 Å². The first-order valence-electron chi connectivity index (χ1n) is 4.76. The number of aromatic nitrogens is 2. The van der Waals surface area contributed by atoms with Crippen molar-refractivity contribution >= 4 is 28.6 Å². The number of imidazole rings is 1. The van der Waals surface area contributed by atoms with Crippen molar-refractivity contribution in [3.63, 3.8) is 0 Å². The van der Waals surface area contributed by atoms with Crippen molar-refractivity contribution in [3.8, 4) is 11.8 Å². The van der Waals surface area contributed by atoms with Crippen molar-refractivity contribution in [2.45, 2.75) is 0 Å². The summed E-state index contributed by atoms with van der Waals surface area (Å²) in [6.45, 7) is 0. The average Bonchev–Trinajstić information content (AvgIpc) is 2.67. The minimum atomic E-state index is -0.980. The fraction of sp³-hybridized carbons (Fsp3) is 0.0909. The Labute approximate surface area is 111 Å². The Morgan fingerprint density at radius 2 is 2.29 bits per heavy atom. The van der Waals surface area contributed by atoms with Gasteiger partial charge >= 0.3 is 12.0 Å². The SMILES string of the molecule is Cn1ccnc1Oc1cc(C(=O)O)ccc1I. The first kappa shape index (κ1) is 11.9. The molecule has 0 spiro atoms. The van der Waals surface area contributed by atoms with Crippen LogP contribution in [0.5, 0.6) is 11.8 Å². The summed E-state index contributed by atoms with van der Waals surface area (Å²) in [6, 6.07) is 5.14. The number of halogens is 1. The number of ether oxygens (including phenoxy) is 1. The van der Waals surface area contributed by atoms with E-state index in [0.717, 1.165) is 3.57 Å². The van der Waals surface area contributed by atoms with Gasteiger partial charge in [0.1, 0.15) is 5.75 Å². The molecule has 0 unspecified atom stereocenters. The highest BCUT2D eigenvalue weighted by Gasteiger charge is 2.10. The Morgan fingerprint density at radius 3 is 2.88 bits per heavy atom. The summed E-state index contributed by atoms with van der Waals surface area (Å²) in [6.07, 6.45) is 3.37. The molecule has 0 radical (unpaired) electrons. The number of rotatable bonds is 3. The average molecular weight is 344 g/mol. The molecule has 0 aliphatic rings. The first-order chi connectivity index (χ1) is 8.08. The highest BCUT2D eigenvalue weighted by Crippen LogP contribution is 2.26. The minimum Gasteiger partial charge on any atom is -0.478 e. The Balaban J connectivity index is 2.35. The van der Waals surface area contributed by atoms with Crippen LogP contribution in [0.4, 0.5) is 0 Å². The summed E-state index contributed by atoms with van der Waals surface area (Å²) in [7, 11) is 1.80. The predicted molar refractivity (Wildman–Crippen MR) is 69.4 cm³/mol. The maximum Gasteiger partial charge on any atom is 0.335 e. The molecule has 1 heterocycles. The van der Waals surface area contributed by atoms with E-state index in [0.29, 0.717) is 11.8 Å². The van der Waals surface area contributed by atoms with E-state index in [-0.39, 0.29) is 5.56 Å². The molecule has 0 fully saturated rings. The van der Waals surface area contributed by atoms with E-state index in [4.69, 9.17) is 9.84 Å². The van der Waals surface area contributed by atoms with Gasteiger partial charge < -0.3 is 14.4 Å². The Hall–Kier alpha value is -1.57. The lowest BCUT2D eigenvalue weighted by Crippen LogP contribution is -1.99. The molecular formula is C11H9IN2O3. The van der Waals surface area contributed by atoms with Crippen molar-refractivity contribution in [1.29, 1.82) is 0 Å². The van der Waals surface area contributed by atoms with Crippen molar-refractivity contribution < 1.29 is 14.6 Å². The number of carboxylic acid groups (broad SMARTS) is 1. The van der Waals surface area contributed by atoms with Crippen LogP contribution < -0.4 is 4.74 Å². The first-order valence-corrected chi connectivity index (χ1v) is 5.84. The van der Waals surface area contributed by atoms with E-state index < -0.39 is 5.97 Å². The number of aromatic carboxylic acids is 1. The summed E-state index contributed by atoms with van der Waals surface area (Å²) in [5.74, 6) is -0.495. The van der Waals surface area contributed by atoms with Gasteiger partial charge in [0.25, 0.3) is 0 Å². The third-order valence-electron chi connectivity index (χ3n) is 2.16. The molecule has 5 nitrogen and oxygen atoms in total. The Kier molecular flexibility index (Phi) is 3.32. The molecule has 0 aliphatic heterocycles. The summed E-state index contributed by atoms with van der Waals surface area (Å²) in [5, 5.41) is 8.90. The fourth-order valence-corrected chi connectivity index (χ4v) is 1.71. The lowest BCUT2D eigenvalue weighted by Gasteiger charge is -2.07. The van der Waals surface area contributed by atoms with Crippen LogP contribution in [0.1, 0.15) is 10.4 Å². The fourth-order valence-electron chi connectivity index (χ4n) is 1.26. The van der Waals surface area contributed by atoms with Gasteiger partial charge in [0.15, 0.2) is 0 Å². The van der Waals surface area contributed by atoms with Crippen LogP contribution in [0.15, 0.2) is 30.6 Å². The zero-order chi connectivity index (χ0) is 12.4. The highest BCUT2D eigenvalue weighted by molar-refractivity contribution is 14.1. The number of benzene rings is 1. The zero-order valence-corrected chi connectivity index (χ0v) is 11.1. The molecule has 1 aromatic heterocycles. The van der Waals surface area contributed by atoms with Gasteiger partial charge in [-0.25, -0.2) is 9.78 Å². The lowest BCUT2D eigenvalue weighted by atomic mass is 10.2. The van der Waals surface area contributed by atoms with Crippen LogP contribution in [0.3, 0.4) is 0 Å². The van der Waals surface area contributed by atoms with E-state index in [1.54, 1.807) is 30.1 Å². The minimum absolute atomic E-state index is 0.189.